The number of amides is 1. The smallest absolute Gasteiger partial charge is 0.351 e. The Bertz CT molecular complexity index is 1400. The molecule has 6 nitrogen and oxygen atoms in total. The number of nitrogens with zero attached hydrogens (tertiary/aromatic N) is 2. The molecule has 1 aliphatic rings. The summed E-state index contributed by atoms with van der Waals surface area (Å²) in [6, 6.07) is 7.90. The molecule has 13 heteroatoms. The Morgan fingerprint density at radius 1 is 1.03 bits per heavy atom. The fourth-order valence-corrected chi connectivity index (χ4v) is 5.57. The first-order valence-corrected chi connectivity index (χ1v) is 12.3. The molecule has 37 heavy (non-hydrogen) atoms. The highest BCUT2D eigenvalue weighted by Gasteiger charge is 2.44. The van der Waals surface area contributed by atoms with Crippen LogP contribution in [0.15, 0.2) is 65.7 Å². The minimum atomic E-state index is -4.58. The Morgan fingerprint density at radius 2 is 1.73 bits per heavy atom. The largest absolute Gasteiger partial charge is 0.417 e. The maximum absolute atomic E-state index is 14.2. The van der Waals surface area contributed by atoms with Crippen molar-refractivity contribution in [1.29, 1.82) is 0 Å². The van der Waals surface area contributed by atoms with Crippen molar-refractivity contribution in [2.24, 2.45) is 0 Å². The van der Waals surface area contributed by atoms with Crippen LogP contribution < -0.4 is 5.32 Å². The molecule has 0 spiro atoms. The van der Waals surface area contributed by atoms with E-state index in [1.54, 1.807) is 0 Å². The van der Waals surface area contributed by atoms with Gasteiger partial charge in [0.05, 0.1) is 16.2 Å². The number of sulfonamides is 1. The van der Waals surface area contributed by atoms with E-state index in [4.69, 9.17) is 0 Å². The predicted molar refractivity (Wildman–Crippen MR) is 120 cm³/mol. The molecule has 1 aromatic heterocycles. The molecule has 2 aromatic carbocycles. The lowest BCUT2D eigenvalue weighted by molar-refractivity contribution is -0.137. The van der Waals surface area contributed by atoms with Crippen molar-refractivity contribution in [2.75, 3.05) is 6.54 Å². The van der Waals surface area contributed by atoms with Crippen molar-refractivity contribution in [3.05, 3.63) is 83.6 Å². The number of carbonyl (C=O) groups excluding carboxylic acids is 1. The lowest BCUT2D eigenvalue weighted by Gasteiger charge is -2.23. The van der Waals surface area contributed by atoms with Crippen LogP contribution in [0.1, 0.15) is 17.5 Å². The van der Waals surface area contributed by atoms with Gasteiger partial charge in [-0.25, -0.2) is 21.6 Å². The minimum absolute atomic E-state index is 0.0627. The van der Waals surface area contributed by atoms with Gasteiger partial charge in [-0.2, -0.15) is 17.5 Å². The minimum Gasteiger partial charge on any atom is -0.351 e. The number of pyridine rings is 1. The van der Waals surface area contributed by atoms with E-state index in [0.29, 0.717) is 10.5 Å². The number of aromatic nitrogens is 1. The van der Waals surface area contributed by atoms with Crippen molar-refractivity contribution in [1.82, 2.24) is 14.6 Å². The maximum atomic E-state index is 14.2. The van der Waals surface area contributed by atoms with Crippen molar-refractivity contribution in [2.45, 2.75) is 36.3 Å². The Hall–Kier alpha value is -3.45. The average Bonchev–Trinajstić information content (AvgIpc) is 3.25. The van der Waals surface area contributed by atoms with E-state index in [0.717, 1.165) is 48.5 Å². The summed E-state index contributed by atoms with van der Waals surface area (Å²) >= 11 is 0. The molecule has 0 unspecified atom stereocenters. The van der Waals surface area contributed by atoms with Crippen LogP contribution in [-0.2, 0) is 27.5 Å². The standard InChI is InChI=1S/C24H19F6N3O3S/c25-17-2-4-20(5-3-17)37(35,36)33-13-19(27)10-22(33)23(34)32-11-14-7-15(9-18(26)8-14)21-6-1-16(12-31-21)24(28,29)30/h1-9,12,19,22H,10-11,13H2,(H,32,34)/t19-,22+/m1/s1. The van der Waals surface area contributed by atoms with Crippen LogP contribution in [0.2, 0.25) is 0 Å². The molecule has 2 atom stereocenters. The average molecular weight is 543 g/mol. The third-order valence-corrected chi connectivity index (χ3v) is 7.63. The zero-order valence-electron chi connectivity index (χ0n) is 18.8. The van der Waals surface area contributed by atoms with Gasteiger partial charge in [0.1, 0.15) is 23.8 Å². The van der Waals surface area contributed by atoms with Crippen LogP contribution in [-0.4, -0.2) is 42.4 Å². The topological polar surface area (TPSA) is 79.4 Å². The summed E-state index contributed by atoms with van der Waals surface area (Å²) in [7, 11) is -4.31. The maximum Gasteiger partial charge on any atom is 0.417 e. The molecule has 2 heterocycles. The number of hydrogen-bond donors (Lipinski definition) is 1. The first-order valence-electron chi connectivity index (χ1n) is 10.9. The molecule has 196 valence electrons. The van der Waals surface area contributed by atoms with E-state index >= 15 is 0 Å². The molecular formula is C24H19F6N3O3S. The van der Waals surface area contributed by atoms with Crippen LogP contribution in [0.4, 0.5) is 26.3 Å². The molecule has 1 fully saturated rings. The normalized spacial score (nSPS) is 18.6. The monoisotopic (exact) mass is 543 g/mol. The van der Waals surface area contributed by atoms with Crippen LogP contribution in [0.5, 0.6) is 0 Å². The fourth-order valence-electron chi connectivity index (χ4n) is 3.94. The second-order valence-electron chi connectivity index (χ2n) is 8.37. The highest BCUT2D eigenvalue weighted by Crippen LogP contribution is 2.31. The molecule has 0 aliphatic carbocycles. The number of hydrogen-bond acceptors (Lipinski definition) is 4. The third-order valence-electron chi connectivity index (χ3n) is 5.74. The van der Waals surface area contributed by atoms with Crippen molar-refractivity contribution < 1.29 is 39.6 Å². The van der Waals surface area contributed by atoms with E-state index < -0.39 is 64.5 Å². The van der Waals surface area contributed by atoms with Gasteiger partial charge in [-0.3, -0.25) is 9.78 Å². The predicted octanol–water partition coefficient (Wildman–Crippen LogP) is 4.46. The van der Waals surface area contributed by atoms with Gasteiger partial charge in [-0.15, -0.1) is 0 Å². The number of nitrogens with one attached hydrogen (secondary N) is 1. The van der Waals surface area contributed by atoms with Gasteiger partial charge in [-0.05, 0) is 60.2 Å². The van der Waals surface area contributed by atoms with E-state index in [9.17, 15) is 39.6 Å². The summed E-state index contributed by atoms with van der Waals surface area (Å²) in [5, 5.41) is 2.45. The molecule has 3 aromatic rings. The highest BCUT2D eigenvalue weighted by atomic mass is 32.2. The highest BCUT2D eigenvalue weighted by molar-refractivity contribution is 7.89. The van der Waals surface area contributed by atoms with Gasteiger partial charge in [0, 0.05) is 31.3 Å². The van der Waals surface area contributed by atoms with Crippen LogP contribution in [0.25, 0.3) is 11.3 Å². The lowest BCUT2D eigenvalue weighted by Crippen LogP contribution is -2.45. The molecule has 0 saturated carbocycles. The molecule has 4 rings (SSSR count). The van der Waals surface area contributed by atoms with Crippen LogP contribution in [0, 0.1) is 11.6 Å². The number of benzene rings is 2. The van der Waals surface area contributed by atoms with Crippen molar-refractivity contribution in [3.8, 4) is 11.3 Å². The SMILES string of the molecule is O=C(NCc1cc(F)cc(-c2ccc(C(F)(F)F)cn2)c1)[C@@H]1C[C@@H](F)CN1S(=O)(=O)c1ccc(F)cc1. The summed E-state index contributed by atoms with van der Waals surface area (Å²) in [5.41, 5.74) is -0.535. The van der Waals surface area contributed by atoms with E-state index in [-0.39, 0.29) is 28.3 Å². The van der Waals surface area contributed by atoms with Crippen molar-refractivity contribution in [3.63, 3.8) is 0 Å². The Morgan fingerprint density at radius 3 is 2.35 bits per heavy atom. The summed E-state index contributed by atoms with van der Waals surface area (Å²) in [6.45, 7) is -0.844. The van der Waals surface area contributed by atoms with Gasteiger partial charge in [0.2, 0.25) is 15.9 Å². The van der Waals surface area contributed by atoms with Gasteiger partial charge in [-0.1, -0.05) is 0 Å². The molecule has 1 amide bonds. The molecule has 0 radical (unpaired) electrons. The lowest BCUT2D eigenvalue weighted by atomic mass is 10.1. The molecule has 0 bridgehead atoms. The summed E-state index contributed by atoms with van der Waals surface area (Å²) in [6.07, 6.45) is -5.99. The van der Waals surface area contributed by atoms with Gasteiger partial charge >= 0.3 is 6.18 Å². The first kappa shape index (κ1) is 26.6. The fraction of sp³-hybridized carbons (Fsp3) is 0.250. The second-order valence-corrected chi connectivity index (χ2v) is 10.3. The zero-order chi connectivity index (χ0) is 27.0. The Labute approximate surface area is 208 Å². The molecule has 1 saturated heterocycles. The van der Waals surface area contributed by atoms with E-state index in [2.05, 4.69) is 10.3 Å². The summed E-state index contributed by atoms with van der Waals surface area (Å²) in [4.78, 5) is 16.2. The number of halogens is 6. The summed E-state index contributed by atoms with van der Waals surface area (Å²) < 4.78 is 106. The number of alkyl halides is 4. The van der Waals surface area contributed by atoms with Gasteiger partial charge < -0.3 is 5.32 Å². The van der Waals surface area contributed by atoms with Gasteiger partial charge in [0.25, 0.3) is 0 Å². The molecule has 1 N–H and O–H groups in total. The zero-order valence-corrected chi connectivity index (χ0v) is 19.7. The molecule has 1 aliphatic heterocycles. The molecular weight excluding hydrogens is 524 g/mol. The second kappa shape index (κ2) is 10.1. The Kier molecular flexibility index (Phi) is 7.29. The number of carbonyl (C=O) groups is 1. The first-order chi connectivity index (χ1) is 17.3. The van der Waals surface area contributed by atoms with Crippen LogP contribution >= 0.6 is 0 Å². The number of rotatable bonds is 6. The quantitative estimate of drug-likeness (QED) is 0.466. The third kappa shape index (κ3) is 5.93. The van der Waals surface area contributed by atoms with Crippen molar-refractivity contribution >= 4 is 15.9 Å². The van der Waals surface area contributed by atoms with Gasteiger partial charge in [0.15, 0.2) is 0 Å². The van der Waals surface area contributed by atoms with E-state index in [1.807, 2.05) is 0 Å². The summed E-state index contributed by atoms with van der Waals surface area (Å²) in [5.74, 6) is -2.24. The van der Waals surface area contributed by atoms with E-state index in [1.165, 1.54) is 6.07 Å². The Balaban J connectivity index is 1.50. The van der Waals surface area contributed by atoms with Crippen LogP contribution in [0.3, 0.4) is 0 Å².